The zero-order valence-electron chi connectivity index (χ0n) is 11.8. The van der Waals surface area contributed by atoms with E-state index in [2.05, 4.69) is 20.7 Å². The normalized spacial score (nSPS) is 13.1. The number of sulfonamides is 1. The third-order valence-electron chi connectivity index (χ3n) is 3.27. The van der Waals surface area contributed by atoms with Crippen LogP contribution in [0.15, 0.2) is 51.8 Å². The maximum atomic E-state index is 12.4. The molecule has 6 heteroatoms. The molecule has 0 heterocycles. The molecule has 1 atom stereocenters. The van der Waals surface area contributed by atoms with Gasteiger partial charge < -0.3 is 5.73 Å². The fraction of sp³-hybridized carbons (Fsp3) is 0.200. The molecule has 0 fully saturated rings. The summed E-state index contributed by atoms with van der Waals surface area (Å²) < 4.78 is 28.1. The van der Waals surface area contributed by atoms with Gasteiger partial charge in [0.1, 0.15) is 0 Å². The van der Waals surface area contributed by atoms with Crippen molar-refractivity contribution >= 4 is 31.6 Å². The van der Waals surface area contributed by atoms with Crippen molar-refractivity contribution in [2.75, 3.05) is 5.73 Å². The van der Waals surface area contributed by atoms with Gasteiger partial charge in [0.15, 0.2) is 0 Å². The smallest absolute Gasteiger partial charge is 0.241 e. The SMILES string of the molecule is Cc1ccccc1C(C)NS(=O)(=O)c1ccc(N)c(Br)c1. The molecule has 1 unspecified atom stereocenters. The van der Waals surface area contributed by atoms with Crippen molar-refractivity contribution < 1.29 is 8.42 Å². The first kappa shape index (κ1) is 16.0. The average Bonchev–Trinajstić information content (AvgIpc) is 2.41. The highest BCUT2D eigenvalue weighted by Gasteiger charge is 2.19. The Kier molecular flexibility index (Phi) is 4.70. The van der Waals surface area contributed by atoms with Crippen molar-refractivity contribution in [2.24, 2.45) is 0 Å². The first-order valence-corrected chi connectivity index (χ1v) is 8.72. The van der Waals surface area contributed by atoms with Gasteiger partial charge >= 0.3 is 0 Å². The number of rotatable bonds is 4. The van der Waals surface area contributed by atoms with E-state index in [1.54, 1.807) is 6.07 Å². The van der Waals surface area contributed by atoms with Crippen molar-refractivity contribution in [2.45, 2.75) is 24.8 Å². The van der Waals surface area contributed by atoms with E-state index in [0.29, 0.717) is 10.2 Å². The Morgan fingerprint density at radius 1 is 1.19 bits per heavy atom. The molecule has 0 saturated carbocycles. The Morgan fingerprint density at radius 3 is 2.48 bits per heavy atom. The molecule has 2 aromatic carbocycles. The Morgan fingerprint density at radius 2 is 1.86 bits per heavy atom. The quantitative estimate of drug-likeness (QED) is 0.812. The number of nitrogens with two attached hydrogens (primary N) is 1. The second kappa shape index (κ2) is 6.17. The molecule has 2 aromatic rings. The highest BCUT2D eigenvalue weighted by molar-refractivity contribution is 9.10. The van der Waals surface area contributed by atoms with Crippen molar-refractivity contribution in [1.82, 2.24) is 4.72 Å². The summed E-state index contributed by atoms with van der Waals surface area (Å²) in [5.41, 5.74) is 8.18. The summed E-state index contributed by atoms with van der Waals surface area (Å²) in [7, 11) is -3.60. The van der Waals surface area contributed by atoms with Gasteiger partial charge in [0.25, 0.3) is 0 Å². The second-order valence-electron chi connectivity index (χ2n) is 4.88. The van der Waals surface area contributed by atoms with E-state index >= 15 is 0 Å². The van der Waals surface area contributed by atoms with E-state index < -0.39 is 10.0 Å². The van der Waals surface area contributed by atoms with Crippen LogP contribution >= 0.6 is 15.9 Å². The van der Waals surface area contributed by atoms with Gasteiger partial charge in [0.2, 0.25) is 10.0 Å². The van der Waals surface area contributed by atoms with E-state index in [0.717, 1.165) is 11.1 Å². The molecule has 4 nitrogen and oxygen atoms in total. The molecule has 21 heavy (non-hydrogen) atoms. The van der Waals surface area contributed by atoms with Crippen molar-refractivity contribution in [3.63, 3.8) is 0 Å². The number of hydrogen-bond donors (Lipinski definition) is 2. The summed E-state index contributed by atoms with van der Waals surface area (Å²) in [6.45, 7) is 3.78. The average molecular weight is 369 g/mol. The topological polar surface area (TPSA) is 72.2 Å². The molecule has 0 saturated heterocycles. The summed E-state index contributed by atoms with van der Waals surface area (Å²) in [6, 6.07) is 11.9. The van der Waals surface area contributed by atoms with E-state index in [-0.39, 0.29) is 10.9 Å². The lowest BCUT2D eigenvalue weighted by molar-refractivity contribution is 0.566. The zero-order valence-corrected chi connectivity index (χ0v) is 14.2. The standard InChI is InChI=1S/C15H17BrN2O2S/c1-10-5-3-4-6-13(10)11(2)18-21(19,20)12-7-8-15(17)14(16)9-12/h3-9,11,18H,17H2,1-2H3. The Bertz CT molecular complexity index is 760. The highest BCUT2D eigenvalue weighted by Crippen LogP contribution is 2.25. The molecular weight excluding hydrogens is 352 g/mol. The minimum Gasteiger partial charge on any atom is -0.398 e. The van der Waals surface area contributed by atoms with Crippen LogP contribution in [0.3, 0.4) is 0 Å². The first-order chi connectivity index (χ1) is 9.81. The predicted octanol–water partition coefficient (Wildman–Crippen LogP) is 3.38. The number of anilines is 1. The zero-order chi connectivity index (χ0) is 15.6. The molecule has 112 valence electrons. The lowest BCUT2D eigenvalue weighted by Gasteiger charge is -2.17. The van der Waals surface area contributed by atoms with Crippen molar-refractivity contribution in [3.05, 3.63) is 58.1 Å². The predicted molar refractivity (Wildman–Crippen MR) is 88.5 cm³/mol. The third-order valence-corrected chi connectivity index (χ3v) is 5.49. The van der Waals surface area contributed by atoms with Crippen LogP contribution in [0.25, 0.3) is 0 Å². The number of aryl methyl sites for hydroxylation is 1. The number of hydrogen-bond acceptors (Lipinski definition) is 3. The monoisotopic (exact) mass is 368 g/mol. The second-order valence-corrected chi connectivity index (χ2v) is 7.45. The van der Waals surface area contributed by atoms with Crippen molar-refractivity contribution in [1.29, 1.82) is 0 Å². The number of nitrogens with one attached hydrogen (secondary N) is 1. The van der Waals surface area contributed by atoms with Gasteiger partial charge in [0.05, 0.1) is 4.90 Å². The molecule has 0 radical (unpaired) electrons. The van der Waals surface area contributed by atoms with Crippen LogP contribution in [-0.4, -0.2) is 8.42 Å². The molecule has 0 bridgehead atoms. The van der Waals surface area contributed by atoms with Crippen LogP contribution in [0.4, 0.5) is 5.69 Å². The van der Waals surface area contributed by atoms with E-state index in [4.69, 9.17) is 5.73 Å². The van der Waals surface area contributed by atoms with Gasteiger partial charge in [-0.2, -0.15) is 0 Å². The van der Waals surface area contributed by atoms with Gasteiger partial charge in [-0.1, -0.05) is 24.3 Å². The van der Waals surface area contributed by atoms with Gasteiger partial charge in [-0.25, -0.2) is 13.1 Å². The molecule has 2 rings (SSSR count). The van der Waals surface area contributed by atoms with Crippen LogP contribution in [-0.2, 0) is 10.0 Å². The van der Waals surface area contributed by atoms with Gasteiger partial charge in [0, 0.05) is 16.2 Å². The Labute approximate surface area is 133 Å². The first-order valence-electron chi connectivity index (χ1n) is 6.44. The number of halogens is 1. The maximum Gasteiger partial charge on any atom is 0.241 e. The summed E-state index contributed by atoms with van der Waals surface area (Å²) in [5, 5.41) is 0. The van der Waals surface area contributed by atoms with Crippen molar-refractivity contribution in [3.8, 4) is 0 Å². The van der Waals surface area contributed by atoms with E-state index in [9.17, 15) is 8.42 Å². The molecule has 0 aromatic heterocycles. The van der Waals surface area contributed by atoms with E-state index in [1.165, 1.54) is 12.1 Å². The van der Waals surface area contributed by atoms with E-state index in [1.807, 2.05) is 38.1 Å². The van der Waals surface area contributed by atoms with Crippen LogP contribution in [0, 0.1) is 6.92 Å². The lowest BCUT2D eigenvalue weighted by atomic mass is 10.0. The summed E-state index contributed by atoms with van der Waals surface area (Å²) in [6.07, 6.45) is 0. The van der Waals surface area contributed by atoms with Crippen LogP contribution in [0.5, 0.6) is 0 Å². The summed E-state index contributed by atoms with van der Waals surface area (Å²) >= 11 is 3.24. The van der Waals surface area contributed by atoms with Crippen LogP contribution < -0.4 is 10.5 Å². The van der Waals surface area contributed by atoms with Crippen LogP contribution in [0.1, 0.15) is 24.1 Å². The Hall–Kier alpha value is -1.37. The number of nitrogen functional groups attached to an aromatic ring is 1. The largest absolute Gasteiger partial charge is 0.398 e. The fourth-order valence-electron chi connectivity index (χ4n) is 2.11. The number of benzene rings is 2. The Balaban J connectivity index is 2.29. The van der Waals surface area contributed by atoms with Gasteiger partial charge in [-0.05, 0) is 59.1 Å². The summed E-state index contributed by atoms with van der Waals surface area (Å²) in [4.78, 5) is 0.184. The van der Waals surface area contributed by atoms with Gasteiger partial charge in [-0.3, -0.25) is 0 Å². The minimum absolute atomic E-state index is 0.184. The molecular formula is C15H17BrN2O2S. The molecule has 0 spiro atoms. The maximum absolute atomic E-state index is 12.4. The summed E-state index contributed by atoms with van der Waals surface area (Å²) in [5.74, 6) is 0. The molecule has 0 aliphatic carbocycles. The molecule has 0 aliphatic rings. The third kappa shape index (κ3) is 3.64. The molecule has 0 aliphatic heterocycles. The fourth-order valence-corrected chi connectivity index (χ4v) is 3.89. The highest BCUT2D eigenvalue weighted by atomic mass is 79.9. The van der Waals surface area contributed by atoms with Crippen LogP contribution in [0.2, 0.25) is 0 Å². The molecule has 0 amide bonds. The minimum atomic E-state index is -3.60. The lowest BCUT2D eigenvalue weighted by Crippen LogP contribution is -2.27. The molecule has 3 N–H and O–H groups in total. The van der Waals surface area contributed by atoms with Gasteiger partial charge in [-0.15, -0.1) is 0 Å².